The molecule has 0 aliphatic carbocycles. The first-order chi connectivity index (χ1) is 8.69. The number of carbonyl (C=O) groups is 1. The Hall–Kier alpha value is -1.79. The van der Waals surface area contributed by atoms with Gasteiger partial charge >= 0.3 is 5.91 Å². The Bertz CT molecular complexity index is 557. The summed E-state index contributed by atoms with van der Waals surface area (Å²) in [5, 5.41) is 0. The highest BCUT2D eigenvalue weighted by atomic mass is 32.2. The Labute approximate surface area is 107 Å². The van der Waals surface area contributed by atoms with Crippen LogP contribution in [0.3, 0.4) is 0 Å². The third kappa shape index (κ3) is 3.12. The van der Waals surface area contributed by atoms with E-state index in [1.165, 1.54) is 23.9 Å². The van der Waals surface area contributed by atoms with Crippen LogP contribution in [0.4, 0.5) is 4.39 Å². The molecular formula is C12H11FN2O2S. The zero-order chi connectivity index (χ0) is 13.0. The minimum Gasteiger partial charge on any atom is -0.455 e. The third-order valence-electron chi connectivity index (χ3n) is 2.19. The van der Waals surface area contributed by atoms with Gasteiger partial charge in [-0.3, -0.25) is 10.2 Å². The highest BCUT2D eigenvalue weighted by molar-refractivity contribution is 7.98. The Morgan fingerprint density at radius 1 is 1.39 bits per heavy atom. The summed E-state index contributed by atoms with van der Waals surface area (Å²) in [6, 6.07) is 9.53. The molecule has 0 bridgehead atoms. The molecule has 0 atom stereocenters. The van der Waals surface area contributed by atoms with E-state index in [1.54, 1.807) is 18.2 Å². The minimum atomic E-state index is -0.475. The van der Waals surface area contributed by atoms with Crippen LogP contribution >= 0.6 is 11.8 Å². The summed E-state index contributed by atoms with van der Waals surface area (Å²) < 4.78 is 18.2. The lowest BCUT2D eigenvalue weighted by Crippen LogP contribution is -2.29. The largest absolute Gasteiger partial charge is 0.455 e. The van der Waals surface area contributed by atoms with E-state index < -0.39 is 5.91 Å². The quantitative estimate of drug-likeness (QED) is 0.385. The number of rotatable bonds is 4. The summed E-state index contributed by atoms with van der Waals surface area (Å²) in [5.41, 5.74) is 1.99. The molecule has 3 N–H and O–H groups in total. The van der Waals surface area contributed by atoms with Crippen molar-refractivity contribution >= 4 is 17.7 Å². The molecule has 1 aromatic heterocycles. The third-order valence-corrected chi connectivity index (χ3v) is 3.21. The van der Waals surface area contributed by atoms with Crippen LogP contribution in [-0.4, -0.2) is 5.91 Å². The van der Waals surface area contributed by atoms with Gasteiger partial charge in [0.2, 0.25) is 0 Å². The maximum absolute atomic E-state index is 12.9. The summed E-state index contributed by atoms with van der Waals surface area (Å²) in [6.07, 6.45) is 0. The van der Waals surface area contributed by atoms with Crippen LogP contribution in [0, 0.1) is 5.82 Å². The number of hydrazine groups is 1. The van der Waals surface area contributed by atoms with Crippen molar-refractivity contribution in [3.8, 4) is 0 Å². The molecule has 0 aliphatic heterocycles. The number of halogens is 1. The molecule has 4 nitrogen and oxygen atoms in total. The van der Waals surface area contributed by atoms with Gasteiger partial charge in [-0.05, 0) is 30.3 Å². The van der Waals surface area contributed by atoms with Crippen molar-refractivity contribution in [3.63, 3.8) is 0 Å². The van der Waals surface area contributed by atoms with Crippen molar-refractivity contribution in [1.82, 2.24) is 5.43 Å². The van der Waals surface area contributed by atoms with E-state index >= 15 is 0 Å². The molecule has 0 spiro atoms. The molecule has 6 heteroatoms. The molecule has 0 saturated carbocycles. The summed E-state index contributed by atoms with van der Waals surface area (Å²) in [6.45, 7) is 0. The van der Waals surface area contributed by atoms with E-state index in [9.17, 15) is 9.18 Å². The molecule has 0 radical (unpaired) electrons. The predicted octanol–water partition coefficient (Wildman–Crippen LogP) is 2.31. The SMILES string of the molecule is NNC(=O)c1ccc(CSc2cccc(F)c2)o1. The van der Waals surface area contributed by atoms with Crippen LogP contribution in [-0.2, 0) is 5.75 Å². The molecule has 18 heavy (non-hydrogen) atoms. The van der Waals surface area contributed by atoms with Gasteiger partial charge in [-0.2, -0.15) is 0 Å². The molecule has 1 aromatic carbocycles. The molecule has 0 unspecified atom stereocenters. The van der Waals surface area contributed by atoms with Gasteiger partial charge in [0.25, 0.3) is 0 Å². The number of hydrogen-bond acceptors (Lipinski definition) is 4. The van der Waals surface area contributed by atoms with Crippen molar-refractivity contribution < 1.29 is 13.6 Å². The topological polar surface area (TPSA) is 68.3 Å². The number of hydrogen-bond donors (Lipinski definition) is 2. The van der Waals surface area contributed by atoms with E-state index in [0.29, 0.717) is 11.5 Å². The van der Waals surface area contributed by atoms with Crippen LogP contribution in [0.25, 0.3) is 0 Å². The number of nitrogens with one attached hydrogen (secondary N) is 1. The number of nitrogen functional groups attached to an aromatic ring is 1. The summed E-state index contributed by atoms with van der Waals surface area (Å²) in [4.78, 5) is 12.0. The molecule has 0 fully saturated rings. The number of nitrogens with two attached hydrogens (primary N) is 1. The maximum atomic E-state index is 12.9. The second-order valence-corrected chi connectivity index (χ2v) is 4.53. The first-order valence-electron chi connectivity index (χ1n) is 5.17. The van der Waals surface area contributed by atoms with Crippen LogP contribution in [0.1, 0.15) is 16.3 Å². The molecule has 1 heterocycles. The highest BCUT2D eigenvalue weighted by Gasteiger charge is 2.09. The van der Waals surface area contributed by atoms with Gasteiger partial charge in [-0.25, -0.2) is 10.2 Å². The number of benzene rings is 1. The molecule has 2 rings (SSSR count). The first kappa shape index (κ1) is 12.7. The van der Waals surface area contributed by atoms with E-state index in [-0.39, 0.29) is 11.6 Å². The van der Waals surface area contributed by atoms with Crippen LogP contribution in [0.5, 0.6) is 0 Å². The highest BCUT2D eigenvalue weighted by Crippen LogP contribution is 2.24. The first-order valence-corrected chi connectivity index (χ1v) is 6.15. The van der Waals surface area contributed by atoms with Gasteiger partial charge in [-0.15, -0.1) is 11.8 Å². The van der Waals surface area contributed by atoms with Crippen LogP contribution in [0.2, 0.25) is 0 Å². The zero-order valence-electron chi connectivity index (χ0n) is 9.35. The van der Waals surface area contributed by atoms with Gasteiger partial charge < -0.3 is 4.42 Å². The second-order valence-electron chi connectivity index (χ2n) is 3.49. The lowest BCUT2D eigenvalue weighted by atomic mass is 10.4. The minimum absolute atomic E-state index is 0.160. The van der Waals surface area contributed by atoms with Crippen molar-refractivity contribution in [2.45, 2.75) is 10.6 Å². The second kappa shape index (κ2) is 5.70. The summed E-state index contributed by atoms with van der Waals surface area (Å²) in [5.74, 6) is 5.54. The van der Waals surface area contributed by atoms with Crippen molar-refractivity contribution in [1.29, 1.82) is 0 Å². The molecule has 0 aliphatic rings. The van der Waals surface area contributed by atoms with Crippen LogP contribution < -0.4 is 11.3 Å². The zero-order valence-corrected chi connectivity index (χ0v) is 10.2. The van der Waals surface area contributed by atoms with Gasteiger partial charge in [0.15, 0.2) is 5.76 Å². The predicted molar refractivity (Wildman–Crippen MR) is 66.3 cm³/mol. The Morgan fingerprint density at radius 2 is 2.22 bits per heavy atom. The maximum Gasteiger partial charge on any atom is 0.300 e. The van der Waals surface area contributed by atoms with Crippen molar-refractivity contribution in [3.05, 3.63) is 53.7 Å². The number of carbonyl (C=O) groups excluding carboxylic acids is 1. The average molecular weight is 266 g/mol. The standard InChI is InChI=1S/C12H11FN2O2S/c13-8-2-1-3-10(6-8)18-7-9-4-5-11(17-9)12(16)15-14/h1-6H,7,14H2,(H,15,16). The Kier molecular flexibility index (Phi) is 4.01. The number of thioether (sulfide) groups is 1. The Morgan fingerprint density at radius 3 is 2.94 bits per heavy atom. The Balaban J connectivity index is 1.98. The number of amides is 1. The smallest absolute Gasteiger partial charge is 0.300 e. The van der Waals surface area contributed by atoms with Crippen LogP contribution in [0.15, 0.2) is 45.7 Å². The molecule has 0 saturated heterocycles. The van der Waals surface area contributed by atoms with Gasteiger partial charge in [0.1, 0.15) is 11.6 Å². The van der Waals surface area contributed by atoms with Gasteiger partial charge in [-0.1, -0.05) is 6.07 Å². The fourth-order valence-corrected chi connectivity index (χ4v) is 2.19. The summed E-state index contributed by atoms with van der Waals surface area (Å²) in [7, 11) is 0. The number of furan rings is 1. The van der Waals surface area contributed by atoms with E-state index in [0.717, 1.165) is 4.90 Å². The lowest BCUT2D eigenvalue weighted by Gasteiger charge is -1.99. The van der Waals surface area contributed by atoms with Crippen molar-refractivity contribution in [2.75, 3.05) is 0 Å². The van der Waals surface area contributed by atoms with Gasteiger partial charge in [0, 0.05) is 4.90 Å². The fraction of sp³-hybridized carbons (Fsp3) is 0.0833. The monoisotopic (exact) mass is 266 g/mol. The molecule has 1 amide bonds. The van der Waals surface area contributed by atoms with E-state index in [4.69, 9.17) is 10.3 Å². The molecule has 94 valence electrons. The average Bonchev–Trinajstić information content (AvgIpc) is 2.84. The fourth-order valence-electron chi connectivity index (χ4n) is 1.36. The normalized spacial score (nSPS) is 10.3. The van der Waals surface area contributed by atoms with Crippen molar-refractivity contribution in [2.24, 2.45) is 5.84 Å². The lowest BCUT2D eigenvalue weighted by molar-refractivity contribution is 0.0924. The summed E-state index contributed by atoms with van der Waals surface area (Å²) >= 11 is 1.42. The molecular weight excluding hydrogens is 255 g/mol. The van der Waals surface area contributed by atoms with E-state index in [1.807, 2.05) is 11.5 Å². The van der Waals surface area contributed by atoms with Gasteiger partial charge in [0.05, 0.1) is 5.75 Å². The van der Waals surface area contributed by atoms with E-state index in [2.05, 4.69) is 0 Å². The molecule has 2 aromatic rings.